The largest absolute Gasteiger partial charge is 0.319 e. The minimum Gasteiger partial charge on any atom is -0.319 e. The Morgan fingerprint density at radius 3 is 2.86 bits per heavy atom. The van der Waals surface area contributed by atoms with Crippen LogP contribution in [0.25, 0.3) is 0 Å². The average molecular weight is 317 g/mol. The van der Waals surface area contributed by atoms with Crippen molar-refractivity contribution in [2.75, 3.05) is 5.32 Å². The van der Waals surface area contributed by atoms with Crippen molar-refractivity contribution in [2.24, 2.45) is 18.4 Å². The van der Waals surface area contributed by atoms with Crippen molar-refractivity contribution in [3.63, 3.8) is 0 Å². The van der Waals surface area contributed by atoms with Gasteiger partial charge in [0.25, 0.3) is 5.91 Å². The van der Waals surface area contributed by atoms with Crippen molar-refractivity contribution in [1.82, 2.24) is 9.78 Å². The van der Waals surface area contributed by atoms with Crippen LogP contribution in [-0.2, 0) is 19.9 Å². The number of aromatic nitrogens is 2. The lowest BCUT2D eigenvalue weighted by Crippen LogP contribution is -2.26. The number of carbonyl (C=O) groups is 1. The lowest BCUT2D eigenvalue weighted by Gasteiger charge is -2.33. The van der Waals surface area contributed by atoms with Gasteiger partial charge in [-0.15, -0.1) is 11.3 Å². The van der Waals surface area contributed by atoms with Gasteiger partial charge in [0.15, 0.2) is 0 Å². The fraction of sp³-hybridized carbons (Fsp3) is 0.529. The molecule has 4 nitrogen and oxygen atoms in total. The van der Waals surface area contributed by atoms with Gasteiger partial charge in [-0.2, -0.15) is 5.10 Å². The lowest BCUT2D eigenvalue weighted by atomic mass is 9.72. The highest BCUT2D eigenvalue weighted by molar-refractivity contribution is 7.14. The number of fused-ring (bicyclic) bond motifs is 1. The molecule has 2 aromatic heterocycles. The third-order valence-corrected chi connectivity index (χ3v) is 5.73. The van der Waals surface area contributed by atoms with Crippen molar-refractivity contribution < 1.29 is 4.79 Å². The van der Waals surface area contributed by atoms with E-state index in [1.165, 1.54) is 16.9 Å². The first kappa shape index (κ1) is 15.3. The zero-order valence-corrected chi connectivity index (χ0v) is 14.5. The van der Waals surface area contributed by atoms with Crippen LogP contribution in [0.15, 0.2) is 18.5 Å². The molecule has 0 saturated heterocycles. The van der Waals surface area contributed by atoms with Gasteiger partial charge in [0.1, 0.15) is 0 Å². The minimum atomic E-state index is -0.0280. The molecule has 2 heterocycles. The second-order valence-electron chi connectivity index (χ2n) is 7.22. The van der Waals surface area contributed by atoms with E-state index < -0.39 is 0 Å². The number of hydrogen-bond acceptors (Lipinski definition) is 3. The smallest absolute Gasteiger partial charge is 0.265 e. The molecule has 3 rings (SSSR count). The van der Waals surface area contributed by atoms with Crippen molar-refractivity contribution in [3.05, 3.63) is 33.8 Å². The molecule has 22 heavy (non-hydrogen) atoms. The van der Waals surface area contributed by atoms with E-state index in [4.69, 9.17) is 0 Å². The summed E-state index contributed by atoms with van der Waals surface area (Å²) < 4.78 is 1.68. The fourth-order valence-corrected chi connectivity index (χ4v) is 4.16. The van der Waals surface area contributed by atoms with Gasteiger partial charge in [-0.05, 0) is 42.2 Å². The van der Waals surface area contributed by atoms with Crippen LogP contribution in [0.1, 0.15) is 47.3 Å². The molecule has 5 heteroatoms. The van der Waals surface area contributed by atoms with Crippen LogP contribution in [0.5, 0.6) is 0 Å². The van der Waals surface area contributed by atoms with Crippen LogP contribution in [0.2, 0.25) is 0 Å². The standard InChI is InChI=1S/C17H23N3OS/c1-17(2,3)12-5-6-14-11(7-12)8-15(22-14)16(21)19-13-9-18-20(4)10-13/h8-10,12H,5-7H2,1-4H3,(H,19,21). The number of nitrogens with one attached hydrogen (secondary N) is 1. The highest BCUT2D eigenvalue weighted by atomic mass is 32.1. The van der Waals surface area contributed by atoms with Gasteiger partial charge < -0.3 is 5.32 Å². The maximum absolute atomic E-state index is 12.4. The molecule has 0 bridgehead atoms. The zero-order chi connectivity index (χ0) is 15.9. The molecule has 0 aliphatic heterocycles. The summed E-state index contributed by atoms with van der Waals surface area (Å²) in [6.45, 7) is 6.93. The van der Waals surface area contributed by atoms with Crippen LogP contribution in [0.4, 0.5) is 5.69 Å². The molecule has 0 saturated carbocycles. The molecule has 118 valence electrons. The first-order valence-corrected chi connectivity index (χ1v) is 8.56. The zero-order valence-electron chi connectivity index (χ0n) is 13.6. The maximum atomic E-state index is 12.4. The van der Waals surface area contributed by atoms with Crippen LogP contribution in [0, 0.1) is 11.3 Å². The number of nitrogens with zero attached hydrogens (tertiary/aromatic N) is 2. The molecule has 1 N–H and O–H groups in total. The molecular weight excluding hydrogens is 294 g/mol. The summed E-state index contributed by atoms with van der Waals surface area (Å²) in [5, 5.41) is 6.99. The van der Waals surface area contributed by atoms with Gasteiger partial charge >= 0.3 is 0 Å². The Morgan fingerprint density at radius 1 is 1.45 bits per heavy atom. The van der Waals surface area contributed by atoms with E-state index in [0.29, 0.717) is 11.3 Å². The van der Waals surface area contributed by atoms with E-state index in [0.717, 1.165) is 23.4 Å². The number of amides is 1. The van der Waals surface area contributed by atoms with Gasteiger partial charge in [0, 0.05) is 18.1 Å². The molecule has 1 aliphatic carbocycles. The lowest BCUT2D eigenvalue weighted by molar-refractivity contribution is 0.103. The van der Waals surface area contributed by atoms with Crippen LogP contribution >= 0.6 is 11.3 Å². The van der Waals surface area contributed by atoms with E-state index in [9.17, 15) is 4.79 Å². The summed E-state index contributed by atoms with van der Waals surface area (Å²) in [7, 11) is 1.84. The highest BCUT2D eigenvalue weighted by Crippen LogP contribution is 2.40. The summed E-state index contributed by atoms with van der Waals surface area (Å²) in [4.78, 5) is 14.6. The van der Waals surface area contributed by atoms with E-state index in [1.807, 2.05) is 7.05 Å². The second kappa shape index (κ2) is 5.54. The molecule has 0 fully saturated rings. The topological polar surface area (TPSA) is 46.9 Å². The normalized spacial score (nSPS) is 18.1. The number of aryl methyl sites for hydroxylation is 2. The highest BCUT2D eigenvalue weighted by Gasteiger charge is 2.30. The van der Waals surface area contributed by atoms with E-state index >= 15 is 0 Å². The minimum absolute atomic E-state index is 0.0280. The number of thiophene rings is 1. The molecule has 1 unspecified atom stereocenters. The molecule has 1 aliphatic rings. The number of rotatable bonds is 2. The van der Waals surface area contributed by atoms with Crippen molar-refractivity contribution in [3.8, 4) is 0 Å². The number of carbonyl (C=O) groups excluding carboxylic acids is 1. The molecule has 0 radical (unpaired) electrons. The Bertz CT molecular complexity index is 693. The molecule has 1 atom stereocenters. The Hall–Kier alpha value is -1.62. The third-order valence-electron chi connectivity index (χ3n) is 4.49. The van der Waals surface area contributed by atoms with Crippen LogP contribution in [0.3, 0.4) is 0 Å². The van der Waals surface area contributed by atoms with Gasteiger partial charge in [0.05, 0.1) is 16.8 Å². The number of hydrogen-bond donors (Lipinski definition) is 1. The summed E-state index contributed by atoms with van der Waals surface area (Å²) in [5.74, 6) is 0.670. The quantitative estimate of drug-likeness (QED) is 0.913. The summed E-state index contributed by atoms with van der Waals surface area (Å²) in [5.41, 5.74) is 2.44. The third kappa shape index (κ3) is 3.09. The number of anilines is 1. The fourth-order valence-electron chi connectivity index (χ4n) is 3.05. The van der Waals surface area contributed by atoms with Crippen LogP contribution in [-0.4, -0.2) is 15.7 Å². The van der Waals surface area contributed by atoms with Gasteiger partial charge in [-0.1, -0.05) is 20.8 Å². The van der Waals surface area contributed by atoms with Crippen molar-refractivity contribution >= 4 is 22.9 Å². The Balaban J connectivity index is 1.75. The predicted octanol–water partition coefficient (Wildman–Crippen LogP) is 3.88. The van der Waals surface area contributed by atoms with E-state index in [1.54, 1.807) is 28.4 Å². The predicted molar refractivity (Wildman–Crippen MR) is 90.5 cm³/mol. The molecule has 1 amide bonds. The monoisotopic (exact) mass is 317 g/mol. The van der Waals surface area contributed by atoms with Crippen molar-refractivity contribution in [1.29, 1.82) is 0 Å². The van der Waals surface area contributed by atoms with Gasteiger partial charge in [-0.25, -0.2) is 0 Å². The molecular formula is C17H23N3OS. The first-order chi connectivity index (χ1) is 10.3. The Morgan fingerprint density at radius 2 is 2.23 bits per heavy atom. The van der Waals surface area contributed by atoms with Crippen LogP contribution < -0.4 is 5.32 Å². The maximum Gasteiger partial charge on any atom is 0.265 e. The summed E-state index contributed by atoms with van der Waals surface area (Å²) >= 11 is 1.64. The SMILES string of the molecule is Cn1cc(NC(=O)c2cc3c(s2)CCC(C(C)(C)C)C3)cn1. The van der Waals surface area contributed by atoms with Gasteiger partial charge in [-0.3, -0.25) is 9.48 Å². The van der Waals surface area contributed by atoms with Crippen molar-refractivity contribution in [2.45, 2.75) is 40.0 Å². The molecule has 2 aromatic rings. The molecule has 0 spiro atoms. The summed E-state index contributed by atoms with van der Waals surface area (Å²) in [6, 6.07) is 2.09. The average Bonchev–Trinajstić information content (AvgIpc) is 3.02. The van der Waals surface area contributed by atoms with Gasteiger partial charge in [0.2, 0.25) is 0 Å². The second-order valence-corrected chi connectivity index (χ2v) is 8.36. The first-order valence-electron chi connectivity index (χ1n) is 7.74. The Kier molecular flexibility index (Phi) is 3.85. The van der Waals surface area contributed by atoms with E-state index in [2.05, 4.69) is 37.3 Å². The summed E-state index contributed by atoms with van der Waals surface area (Å²) in [6.07, 6.45) is 6.89. The van der Waals surface area contributed by atoms with E-state index in [-0.39, 0.29) is 5.91 Å². The Labute approximate surface area is 135 Å². The molecule has 0 aromatic carbocycles.